The van der Waals surface area contributed by atoms with Gasteiger partial charge in [-0.05, 0) is 18.2 Å². The van der Waals surface area contributed by atoms with Crippen LogP contribution in [0.2, 0.25) is 0 Å². The zero-order chi connectivity index (χ0) is 15.2. The van der Waals surface area contributed by atoms with Gasteiger partial charge in [-0.25, -0.2) is 14.6 Å². The minimum absolute atomic E-state index is 0.0223. The highest BCUT2D eigenvalue weighted by molar-refractivity contribution is 9.10. The lowest BCUT2D eigenvalue weighted by Crippen LogP contribution is -2.31. The third-order valence-electron chi connectivity index (χ3n) is 2.67. The summed E-state index contributed by atoms with van der Waals surface area (Å²) in [6.07, 6.45) is 5.09. The topological polar surface area (TPSA) is 96.3 Å². The monoisotopic (exact) mass is 352 g/mol. The van der Waals surface area contributed by atoms with Gasteiger partial charge in [0.15, 0.2) is 0 Å². The Balaban J connectivity index is 1.92. The molecule has 2 amide bonds. The van der Waals surface area contributed by atoms with Gasteiger partial charge in [0.05, 0.1) is 17.6 Å². The third-order valence-corrected chi connectivity index (χ3v) is 3.17. The number of carbonyl (C=O) groups excluding carboxylic acids is 1. The molecule has 0 fully saturated rings. The number of aromatic nitrogens is 2. The van der Waals surface area contributed by atoms with Crippen molar-refractivity contribution in [2.75, 3.05) is 11.9 Å². The molecule has 8 heteroatoms. The van der Waals surface area contributed by atoms with Gasteiger partial charge < -0.3 is 20.3 Å². The van der Waals surface area contributed by atoms with Crippen molar-refractivity contribution < 1.29 is 14.7 Å². The predicted octanol–water partition coefficient (Wildman–Crippen LogP) is 2.17. The molecule has 0 atom stereocenters. The van der Waals surface area contributed by atoms with E-state index in [1.165, 1.54) is 12.1 Å². The molecule has 7 nitrogen and oxygen atoms in total. The van der Waals surface area contributed by atoms with Crippen molar-refractivity contribution in [1.82, 2.24) is 14.9 Å². The number of imidazole rings is 1. The maximum Gasteiger partial charge on any atom is 0.337 e. The molecule has 0 aliphatic rings. The number of nitrogens with zero attached hydrogens (tertiary/aromatic N) is 2. The molecule has 0 saturated carbocycles. The van der Waals surface area contributed by atoms with Crippen LogP contribution in [0.3, 0.4) is 0 Å². The van der Waals surface area contributed by atoms with Crippen molar-refractivity contribution in [3.8, 4) is 0 Å². The van der Waals surface area contributed by atoms with E-state index < -0.39 is 12.0 Å². The molecule has 0 aliphatic carbocycles. The van der Waals surface area contributed by atoms with Gasteiger partial charge in [-0.15, -0.1) is 0 Å². The summed E-state index contributed by atoms with van der Waals surface area (Å²) in [4.78, 5) is 26.8. The van der Waals surface area contributed by atoms with E-state index in [1.54, 1.807) is 24.8 Å². The zero-order valence-electron chi connectivity index (χ0n) is 10.9. The van der Waals surface area contributed by atoms with E-state index >= 15 is 0 Å². The molecule has 0 radical (unpaired) electrons. The van der Waals surface area contributed by atoms with Crippen LogP contribution in [0.5, 0.6) is 0 Å². The lowest BCUT2D eigenvalue weighted by molar-refractivity contribution is 0.0698. The number of anilines is 1. The Bertz CT molecular complexity index is 643. The Hall–Kier alpha value is -2.35. The van der Waals surface area contributed by atoms with Gasteiger partial charge in [0.1, 0.15) is 0 Å². The molecule has 1 aromatic heterocycles. The fourth-order valence-electron chi connectivity index (χ4n) is 1.69. The number of urea groups is 1. The average molecular weight is 353 g/mol. The second-order valence-corrected chi connectivity index (χ2v) is 5.09. The quantitative estimate of drug-likeness (QED) is 0.768. The SMILES string of the molecule is O=C(NCCn1ccnc1)Nc1ccc(Br)cc1C(=O)O. The van der Waals surface area contributed by atoms with Crippen LogP contribution in [0, 0.1) is 0 Å². The first-order chi connectivity index (χ1) is 10.1. The molecule has 1 aromatic carbocycles. The maximum atomic E-state index is 11.7. The lowest BCUT2D eigenvalue weighted by atomic mass is 10.2. The fraction of sp³-hybridized carbons (Fsp3) is 0.154. The Morgan fingerprint density at radius 1 is 1.38 bits per heavy atom. The number of hydrogen-bond acceptors (Lipinski definition) is 3. The van der Waals surface area contributed by atoms with Crippen LogP contribution in [0.25, 0.3) is 0 Å². The van der Waals surface area contributed by atoms with Crippen LogP contribution in [-0.4, -0.2) is 33.2 Å². The summed E-state index contributed by atoms with van der Waals surface area (Å²) in [6, 6.07) is 4.17. The summed E-state index contributed by atoms with van der Waals surface area (Å²) < 4.78 is 2.45. The number of rotatable bonds is 5. The van der Waals surface area contributed by atoms with E-state index in [-0.39, 0.29) is 11.3 Å². The largest absolute Gasteiger partial charge is 0.478 e. The Kier molecular flexibility index (Phi) is 4.94. The second-order valence-electron chi connectivity index (χ2n) is 4.18. The highest BCUT2D eigenvalue weighted by Gasteiger charge is 2.12. The normalized spacial score (nSPS) is 10.1. The highest BCUT2D eigenvalue weighted by Crippen LogP contribution is 2.21. The van der Waals surface area contributed by atoms with E-state index in [2.05, 4.69) is 31.5 Å². The maximum absolute atomic E-state index is 11.7. The molecule has 0 aliphatic heterocycles. The van der Waals surface area contributed by atoms with Gasteiger partial charge >= 0.3 is 12.0 Å². The number of nitrogens with one attached hydrogen (secondary N) is 2. The average Bonchev–Trinajstić information content (AvgIpc) is 2.94. The Morgan fingerprint density at radius 3 is 2.86 bits per heavy atom. The third kappa shape index (κ3) is 4.32. The standard InChI is InChI=1S/C13H13BrN4O3/c14-9-1-2-11(10(7-9)12(19)20)17-13(21)16-4-6-18-5-3-15-8-18/h1-3,5,7-8H,4,6H2,(H,19,20)(H2,16,17,21). The van der Waals surface area contributed by atoms with Gasteiger partial charge in [0, 0.05) is 30.0 Å². The first-order valence-corrected chi connectivity index (χ1v) is 6.89. The van der Waals surface area contributed by atoms with Gasteiger partial charge in [-0.2, -0.15) is 0 Å². The molecule has 2 aromatic rings. The lowest BCUT2D eigenvalue weighted by Gasteiger charge is -2.10. The highest BCUT2D eigenvalue weighted by atomic mass is 79.9. The molecular formula is C13H13BrN4O3. The smallest absolute Gasteiger partial charge is 0.337 e. The summed E-state index contributed by atoms with van der Waals surface area (Å²) in [7, 11) is 0. The van der Waals surface area contributed by atoms with Crippen molar-refractivity contribution in [1.29, 1.82) is 0 Å². The van der Waals surface area contributed by atoms with E-state index in [1.807, 2.05) is 4.57 Å². The summed E-state index contributed by atoms with van der Waals surface area (Å²) in [5.41, 5.74) is 0.264. The molecule has 2 rings (SSSR count). The Labute approximate surface area is 129 Å². The summed E-state index contributed by atoms with van der Waals surface area (Å²) in [5, 5.41) is 14.3. The number of carbonyl (C=O) groups is 2. The van der Waals surface area contributed by atoms with Crippen molar-refractivity contribution in [3.05, 3.63) is 47.0 Å². The van der Waals surface area contributed by atoms with E-state index in [0.717, 1.165) is 0 Å². The van der Waals surface area contributed by atoms with Crippen LogP contribution in [0.1, 0.15) is 10.4 Å². The van der Waals surface area contributed by atoms with Crippen molar-refractivity contribution in [3.63, 3.8) is 0 Å². The van der Waals surface area contributed by atoms with Gasteiger partial charge in [-0.3, -0.25) is 0 Å². The number of amides is 2. The van der Waals surface area contributed by atoms with Gasteiger partial charge in [0.25, 0.3) is 0 Å². The summed E-state index contributed by atoms with van der Waals surface area (Å²) in [6.45, 7) is 0.987. The molecular weight excluding hydrogens is 340 g/mol. The summed E-state index contributed by atoms with van der Waals surface area (Å²) >= 11 is 3.19. The number of benzene rings is 1. The van der Waals surface area contributed by atoms with Crippen molar-refractivity contribution in [2.24, 2.45) is 0 Å². The van der Waals surface area contributed by atoms with Crippen LogP contribution in [-0.2, 0) is 6.54 Å². The van der Waals surface area contributed by atoms with Crippen LogP contribution in [0.4, 0.5) is 10.5 Å². The minimum atomic E-state index is -1.11. The molecule has 0 bridgehead atoms. The molecule has 110 valence electrons. The molecule has 0 spiro atoms. The van der Waals surface area contributed by atoms with E-state index in [4.69, 9.17) is 5.11 Å². The molecule has 21 heavy (non-hydrogen) atoms. The first-order valence-electron chi connectivity index (χ1n) is 6.09. The first kappa shape index (κ1) is 15.0. The number of halogens is 1. The molecule has 0 saturated heterocycles. The van der Waals surface area contributed by atoms with Crippen molar-refractivity contribution >= 4 is 33.6 Å². The van der Waals surface area contributed by atoms with Crippen molar-refractivity contribution in [2.45, 2.75) is 6.54 Å². The fourth-order valence-corrected chi connectivity index (χ4v) is 2.05. The minimum Gasteiger partial charge on any atom is -0.478 e. The number of aromatic carboxylic acids is 1. The predicted molar refractivity (Wildman–Crippen MR) is 80.3 cm³/mol. The van der Waals surface area contributed by atoms with Crippen LogP contribution in [0.15, 0.2) is 41.4 Å². The van der Waals surface area contributed by atoms with Crippen LogP contribution < -0.4 is 10.6 Å². The number of carboxylic acid groups (broad SMARTS) is 1. The van der Waals surface area contributed by atoms with Gasteiger partial charge in [-0.1, -0.05) is 15.9 Å². The number of carboxylic acids is 1. The molecule has 3 N–H and O–H groups in total. The van der Waals surface area contributed by atoms with E-state index in [9.17, 15) is 9.59 Å². The second kappa shape index (κ2) is 6.89. The Morgan fingerprint density at radius 2 is 2.19 bits per heavy atom. The molecule has 1 heterocycles. The zero-order valence-corrected chi connectivity index (χ0v) is 12.5. The van der Waals surface area contributed by atoms with E-state index in [0.29, 0.717) is 17.6 Å². The van der Waals surface area contributed by atoms with Crippen LogP contribution >= 0.6 is 15.9 Å². The summed E-state index contributed by atoms with van der Waals surface area (Å²) in [5.74, 6) is -1.11. The number of hydrogen-bond donors (Lipinski definition) is 3. The molecule has 0 unspecified atom stereocenters. The van der Waals surface area contributed by atoms with Gasteiger partial charge in [0.2, 0.25) is 0 Å².